The molecular formula is C26H28AsClN5O2. The summed E-state index contributed by atoms with van der Waals surface area (Å²) >= 11 is 5.81. The Kier molecular flexibility index (Phi) is 8.09. The summed E-state index contributed by atoms with van der Waals surface area (Å²) in [5.41, 5.74) is 10.2. The Bertz CT molecular complexity index is 1270. The Morgan fingerprint density at radius 1 is 1.26 bits per heavy atom. The first kappa shape index (κ1) is 25.2. The van der Waals surface area contributed by atoms with Crippen LogP contribution in [-0.4, -0.2) is 44.6 Å². The van der Waals surface area contributed by atoms with Gasteiger partial charge in [-0.2, -0.15) is 0 Å². The number of carbonyl (C=O) groups is 2. The van der Waals surface area contributed by atoms with E-state index in [9.17, 15) is 9.59 Å². The maximum absolute atomic E-state index is 12.2. The van der Waals surface area contributed by atoms with E-state index in [1.807, 2.05) is 31.3 Å². The minimum absolute atomic E-state index is 0.132. The molecule has 1 aromatic heterocycles. The number of primary amides is 1. The molecule has 0 atom stereocenters. The first-order chi connectivity index (χ1) is 16.9. The third-order valence-corrected chi connectivity index (χ3v) is 9.34. The monoisotopic (exact) mass is 552 g/mol. The molecule has 0 saturated heterocycles. The molecular weight excluding hydrogens is 525 g/mol. The number of hydrogen-bond acceptors (Lipinski definition) is 5. The average Bonchev–Trinajstić information content (AvgIpc) is 2.98. The van der Waals surface area contributed by atoms with Gasteiger partial charge in [0.15, 0.2) is 0 Å². The van der Waals surface area contributed by atoms with Crippen molar-refractivity contribution < 1.29 is 9.59 Å². The predicted molar refractivity (Wildman–Crippen MR) is 142 cm³/mol. The van der Waals surface area contributed by atoms with E-state index in [2.05, 4.69) is 23.3 Å². The van der Waals surface area contributed by atoms with Crippen molar-refractivity contribution in [2.24, 2.45) is 5.73 Å². The van der Waals surface area contributed by atoms with Crippen LogP contribution in [0.5, 0.6) is 0 Å². The number of halogens is 1. The minimum atomic E-state index is -0.687. The van der Waals surface area contributed by atoms with Crippen molar-refractivity contribution in [1.29, 1.82) is 0 Å². The summed E-state index contributed by atoms with van der Waals surface area (Å²) in [4.78, 5) is 35.1. The van der Waals surface area contributed by atoms with E-state index in [-0.39, 0.29) is 5.91 Å². The first-order valence-electron chi connectivity index (χ1n) is 11.7. The van der Waals surface area contributed by atoms with Crippen LogP contribution in [0.15, 0.2) is 42.6 Å². The van der Waals surface area contributed by atoms with E-state index in [1.54, 1.807) is 17.2 Å². The number of amides is 2. The van der Waals surface area contributed by atoms with Crippen molar-refractivity contribution >= 4 is 65.3 Å². The van der Waals surface area contributed by atoms with Gasteiger partial charge in [0, 0.05) is 0 Å². The third kappa shape index (κ3) is 5.85. The molecule has 3 N–H and O–H groups in total. The number of rotatable bonds is 8. The fourth-order valence-corrected chi connectivity index (χ4v) is 6.88. The summed E-state index contributed by atoms with van der Waals surface area (Å²) in [6.07, 6.45) is 6.77. The van der Waals surface area contributed by atoms with Crippen LogP contribution in [0, 0.1) is 0 Å². The Morgan fingerprint density at radius 3 is 2.86 bits per heavy atom. The molecule has 1 aliphatic heterocycles. The molecule has 0 fully saturated rings. The van der Waals surface area contributed by atoms with Crippen LogP contribution < -0.4 is 24.8 Å². The number of nitrogens with two attached hydrogens (primary N) is 1. The van der Waals surface area contributed by atoms with Gasteiger partial charge in [-0.1, -0.05) is 0 Å². The molecule has 0 bridgehead atoms. The number of aromatic nitrogens is 2. The van der Waals surface area contributed by atoms with Gasteiger partial charge in [0.05, 0.1) is 0 Å². The molecule has 2 aromatic carbocycles. The summed E-state index contributed by atoms with van der Waals surface area (Å²) in [5.74, 6) is 0.128. The second-order valence-corrected chi connectivity index (χ2v) is 11.2. The Morgan fingerprint density at radius 2 is 2.09 bits per heavy atom. The second-order valence-electron chi connectivity index (χ2n) is 8.53. The molecule has 2 amide bonds. The number of unbranched alkanes of at least 4 members (excludes halogenated alkanes) is 1. The van der Waals surface area contributed by atoms with Crippen molar-refractivity contribution in [2.45, 2.75) is 45.4 Å². The molecule has 0 aliphatic carbocycles. The number of fused-ring (bicyclic) bond motifs is 1. The number of hydrogen-bond donors (Lipinski definition) is 2. The van der Waals surface area contributed by atoms with E-state index < -0.39 is 21.7 Å². The van der Waals surface area contributed by atoms with Crippen LogP contribution in [0.2, 0.25) is 5.02 Å². The van der Waals surface area contributed by atoms with Crippen LogP contribution in [0.1, 0.15) is 54.1 Å². The molecule has 0 spiro atoms. The number of aryl methyl sites for hydroxylation is 2. The van der Waals surface area contributed by atoms with Gasteiger partial charge < -0.3 is 0 Å². The molecule has 1 aliphatic rings. The van der Waals surface area contributed by atoms with Gasteiger partial charge in [0.1, 0.15) is 0 Å². The molecule has 1 radical (unpaired) electrons. The molecule has 4 rings (SSSR count). The zero-order valence-corrected chi connectivity index (χ0v) is 22.5. The van der Waals surface area contributed by atoms with Crippen LogP contribution in [0.25, 0.3) is 0 Å². The van der Waals surface area contributed by atoms with E-state index in [0.717, 1.165) is 59.0 Å². The number of carbonyl (C=O) groups excluding carboxylic acids is 2. The van der Waals surface area contributed by atoms with Crippen LogP contribution >= 0.6 is 11.6 Å². The SMILES string of the molecule is CCCCc1cccc(C(N)=O)c1[As]c1nc(Nc2ccc3c(c2)CCCC(=O)N3C)ncc1Cl. The molecule has 0 saturated carbocycles. The van der Waals surface area contributed by atoms with Crippen LogP contribution in [0.4, 0.5) is 17.3 Å². The van der Waals surface area contributed by atoms with Gasteiger partial charge in [-0.15, -0.1) is 0 Å². The van der Waals surface area contributed by atoms with Crippen molar-refractivity contribution in [3.63, 3.8) is 0 Å². The van der Waals surface area contributed by atoms with Gasteiger partial charge in [-0.25, -0.2) is 0 Å². The predicted octanol–water partition coefficient (Wildman–Crippen LogP) is 3.27. The normalized spacial score (nSPS) is 13.7. The van der Waals surface area contributed by atoms with Gasteiger partial charge in [0.2, 0.25) is 0 Å². The average molecular weight is 553 g/mol. The Labute approximate surface area is 217 Å². The molecule has 3 aromatic rings. The standard InChI is InChI=1S/C26H28AsClN5O2/c1-3-4-7-16-8-5-10-19(25(29)35)23(16)27-24-20(28)15-30-26(32-24)31-18-12-13-21-17(14-18)9-6-11-22(34)33(21)2/h5,8,10,12-15H,3-4,6-7,9,11H2,1-2H3,(H2,29,35)(H,30,31,32). The maximum atomic E-state index is 12.2. The topological polar surface area (TPSA) is 101 Å². The summed E-state index contributed by atoms with van der Waals surface area (Å²) < 4.78 is 1.67. The Balaban J connectivity index is 1.62. The van der Waals surface area contributed by atoms with Crippen molar-refractivity contribution in [2.75, 3.05) is 17.3 Å². The van der Waals surface area contributed by atoms with E-state index >= 15 is 0 Å². The Hall–Kier alpha value is -2.89. The summed E-state index contributed by atoms with van der Waals surface area (Å²) in [5, 5.41) is 3.75. The van der Waals surface area contributed by atoms with E-state index in [4.69, 9.17) is 22.3 Å². The van der Waals surface area contributed by atoms with Gasteiger partial charge >= 0.3 is 218 Å². The molecule has 0 unspecified atom stereocenters. The summed E-state index contributed by atoms with van der Waals surface area (Å²) in [7, 11) is 1.82. The summed E-state index contributed by atoms with van der Waals surface area (Å²) in [6.45, 7) is 2.14. The zero-order valence-electron chi connectivity index (χ0n) is 19.8. The first-order valence-corrected chi connectivity index (χ1v) is 13.9. The third-order valence-electron chi connectivity index (χ3n) is 6.04. The number of nitrogens with one attached hydrogen (secondary N) is 1. The number of anilines is 3. The molecule has 9 heteroatoms. The van der Waals surface area contributed by atoms with E-state index in [0.29, 0.717) is 27.4 Å². The van der Waals surface area contributed by atoms with Gasteiger partial charge in [-0.05, 0) is 0 Å². The zero-order chi connectivity index (χ0) is 24.9. The second kappa shape index (κ2) is 11.2. The molecule has 181 valence electrons. The fraction of sp³-hybridized carbons (Fsp3) is 0.308. The van der Waals surface area contributed by atoms with Gasteiger partial charge in [0.25, 0.3) is 0 Å². The summed E-state index contributed by atoms with van der Waals surface area (Å²) in [6, 6.07) is 11.6. The van der Waals surface area contributed by atoms with E-state index in [1.165, 1.54) is 0 Å². The molecule has 2 heterocycles. The molecule has 35 heavy (non-hydrogen) atoms. The quantitative estimate of drug-likeness (QED) is 0.418. The van der Waals surface area contributed by atoms with Crippen molar-refractivity contribution in [1.82, 2.24) is 9.97 Å². The van der Waals surface area contributed by atoms with Crippen molar-refractivity contribution in [3.05, 3.63) is 64.3 Å². The van der Waals surface area contributed by atoms with Crippen molar-refractivity contribution in [3.8, 4) is 0 Å². The number of nitrogens with zero attached hydrogens (tertiary/aromatic N) is 3. The molecule has 7 nitrogen and oxygen atoms in total. The van der Waals surface area contributed by atoms with Gasteiger partial charge in [-0.3, -0.25) is 0 Å². The fourth-order valence-electron chi connectivity index (χ4n) is 4.15. The number of benzene rings is 2. The van der Waals surface area contributed by atoms with Crippen LogP contribution in [0.3, 0.4) is 0 Å². The van der Waals surface area contributed by atoms with Crippen LogP contribution in [-0.2, 0) is 17.6 Å².